The first-order valence-electron chi connectivity index (χ1n) is 11.0. The number of nitrogens with one attached hydrogen (secondary N) is 1. The third-order valence-electron chi connectivity index (χ3n) is 5.27. The van der Waals surface area contributed by atoms with Gasteiger partial charge in [0.15, 0.2) is 11.9 Å². The lowest BCUT2D eigenvalue weighted by Crippen LogP contribution is -2.51. The van der Waals surface area contributed by atoms with Crippen LogP contribution in [0.25, 0.3) is 11.1 Å². The van der Waals surface area contributed by atoms with Gasteiger partial charge in [0.1, 0.15) is 12.7 Å². The number of amides is 1. The molecule has 1 saturated heterocycles. The number of benzene rings is 2. The zero-order chi connectivity index (χ0) is 24.9. The van der Waals surface area contributed by atoms with E-state index in [0.717, 1.165) is 16.7 Å². The minimum absolute atomic E-state index is 0.119. The van der Waals surface area contributed by atoms with Gasteiger partial charge in [-0.1, -0.05) is 47.5 Å². The quantitative estimate of drug-likeness (QED) is 0.503. The number of hydrogen-bond acceptors (Lipinski definition) is 6. The lowest BCUT2D eigenvalue weighted by atomic mass is 9.96. The van der Waals surface area contributed by atoms with Crippen LogP contribution in [0.3, 0.4) is 0 Å². The second-order valence-corrected chi connectivity index (χ2v) is 9.31. The highest BCUT2D eigenvalue weighted by molar-refractivity contribution is 6.35. The van der Waals surface area contributed by atoms with Crippen LogP contribution in [0.2, 0.25) is 10.0 Å². The van der Waals surface area contributed by atoms with Crippen molar-refractivity contribution in [3.63, 3.8) is 0 Å². The van der Waals surface area contributed by atoms with Crippen LogP contribution >= 0.6 is 23.2 Å². The Morgan fingerprint density at radius 3 is 2.29 bits per heavy atom. The zero-order valence-electron chi connectivity index (χ0n) is 19.6. The van der Waals surface area contributed by atoms with Crippen LogP contribution in [0.5, 0.6) is 0 Å². The monoisotopic (exact) mass is 509 g/mol. The fourth-order valence-electron chi connectivity index (χ4n) is 3.93. The van der Waals surface area contributed by atoms with Crippen LogP contribution < -0.4 is 5.32 Å². The highest BCUT2D eigenvalue weighted by atomic mass is 35.5. The summed E-state index contributed by atoms with van der Waals surface area (Å²) in [4.78, 5) is 25.0. The second-order valence-electron chi connectivity index (χ2n) is 8.44. The van der Waals surface area contributed by atoms with Crippen LogP contribution in [0, 0.1) is 0 Å². The molecule has 0 aromatic heterocycles. The average Bonchev–Trinajstić information content (AvgIpc) is 3.09. The summed E-state index contributed by atoms with van der Waals surface area (Å²) < 4.78 is 22.0. The van der Waals surface area contributed by atoms with E-state index in [1.54, 1.807) is 26.8 Å². The van der Waals surface area contributed by atoms with Crippen LogP contribution in [-0.4, -0.2) is 56.2 Å². The summed E-state index contributed by atoms with van der Waals surface area (Å²) in [5, 5.41) is 4.03. The molecular weight excluding hydrogens is 481 g/mol. The number of carbonyl (C=O) groups is 2. The lowest BCUT2D eigenvalue weighted by Gasteiger charge is -2.27. The van der Waals surface area contributed by atoms with E-state index >= 15 is 0 Å². The van der Waals surface area contributed by atoms with Crippen molar-refractivity contribution in [1.82, 2.24) is 5.32 Å². The van der Waals surface area contributed by atoms with Gasteiger partial charge in [0.05, 0.1) is 12.6 Å². The van der Waals surface area contributed by atoms with E-state index in [2.05, 4.69) is 5.32 Å². The SMILES string of the molecule is CCOC(=O)C1OC(C)(C)OC1C(Cc1ccc(-c2cc(Cl)cc(Cl)c2)cc1)NC(=O)COC. The fraction of sp³-hybridized carbons (Fsp3) is 0.440. The molecule has 0 saturated carbocycles. The van der Waals surface area contributed by atoms with Crippen molar-refractivity contribution in [3.8, 4) is 11.1 Å². The predicted molar refractivity (Wildman–Crippen MR) is 130 cm³/mol. The molecule has 0 radical (unpaired) electrons. The molecule has 1 heterocycles. The summed E-state index contributed by atoms with van der Waals surface area (Å²) in [5.74, 6) is -1.87. The average molecular weight is 510 g/mol. The van der Waals surface area contributed by atoms with Gasteiger partial charge in [-0.3, -0.25) is 4.79 Å². The first kappa shape index (κ1) is 26.4. The summed E-state index contributed by atoms with van der Waals surface area (Å²) in [6.45, 7) is 5.25. The minimum Gasteiger partial charge on any atom is -0.464 e. The first-order valence-corrected chi connectivity index (χ1v) is 11.7. The maximum Gasteiger partial charge on any atom is 0.338 e. The second kappa shape index (κ2) is 11.5. The van der Waals surface area contributed by atoms with Gasteiger partial charge in [0.2, 0.25) is 5.91 Å². The molecule has 3 atom stereocenters. The van der Waals surface area contributed by atoms with Crippen LogP contribution in [0.1, 0.15) is 26.3 Å². The molecule has 34 heavy (non-hydrogen) atoms. The highest BCUT2D eigenvalue weighted by Crippen LogP contribution is 2.32. The molecule has 1 N–H and O–H groups in total. The van der Waals surface area contributed by atoms with E-state index in [1.165, 1.54) is 7.11 Å². The highest BCUT2D eigenvalue weighted by Gasteiger charge is 2.49. The molecule has 0 aliphatic carbocycles. The van der Waals surface area contributed by atoms with E-state index < -0.39 is 30.0 Å². The largest absolute Gasteiger partial charge is 0.464 e. The molecule has 3 unspecified atom stereocenters. The molecule has 2 aromatic rings. The Morgan fingerprint density at radius 1 is 1.06 bits per heavy atom. The van der Waals surface area contributed by atoms with E-state index in [1.807, 2.05) is 36.4 Å². The van der Waals surface area contributed by atoms with Crippen LogP contribution in [0.15, 0.2) is 42.5 Å². The summed E-state index contributed by atoms with van der Waals surface area (Å²) in [7, 11) is 1.44. The summed E-state index contributed by atoms with van der Waals surface area (Å²) in [6.07, 6.45) is -1.33. The van der Waals surface area contributed by atoms with E-state index in [-0.39, 0.29) is 19.1 Å². The van der Waals surface area contributed by atoms with Gasteiger partial charge in [0, 0.05) is 17.2 Å². The normalized spacial score (nSPS) is 20.1. The molecule has 7 nitrogen and oxygen atoms in total. The van der Waals surface area contributed by atoms with Gasteiger partial charge < -0.3 is 24.3 Å². The number of esters is 1. The Balaban J connectivity index is 1.85. The fourth-order valence-corrected chi connectivity index (χ4v) is 4.45. The molecule has 1 amide bonds. The Hall–Kier alpha value is -2.16. The van der Waals surface area contributed by atoms with Gasteiger partial charge in [0.25, 0.3) is 0 Å². The Labute approximate surface area is 209 Å². The van der Waals surface area contributed by atoms with E-state index in [9.17, 15) is 9.59 Å². The van der Waals surface area contributed by atoms with Crippen molar-refractivity contribution in [2.45, 2.75) is 51.2 Å². The van der Waals surface area contributed by atoms with E-state index in [4.69, 9.17) is 42.1 Å². The molecule has 184 valence electrons. The number of methoxy groups -OCH3 is 1. The Bertz CT molecular complexity index is 991. The van der Waals surface area contributed by atoms with Gasteiger partial charge in [-0.15, -0.1) is 0 Å². The van der Waals surface area contributed by atoms with Crippen molar-refractivity contribution in [3.05, 3.63) is 58.1 Å². The number of carbonyl (C=O) groups excluding carboxylic acids is 2. The third kappa shape index (κ3) is 6.93. The number of halogens is 2. The molecule has 1 fully saturated rings. The van der Waals surface area contributed by atoms with Gasteiger partial charge in [-0.25, -0.2) is 4.79 Å². The van der Waals surface area contributed by atoms with E-state index in [0.29, 0.717) is 16.5 Å². The Morgan fingerprint density at radius 2 is 1.71 bits per heavy atom. The van der Waals surface area contributed by atoms with Crippen LogP contribution in [-0.2, 0) is 35.0 Å². The first-order chi connectivity index (χ1) is 16.1. The van der Waals surface area contributed by atoms with Gasteiger partial charge in [-0.2, -0.15) is 0 Å². The molecule has 0 bridgehead atoms. The smallest absolute Gasteiger partial charge is 0.338 e. The molecule has 0 spiro atoms. The predicted octanol–water partition coefficient (Wildman–Crippen LogP) is 4.42. The maximum absolute atomic E-state index is 12.6. The van der Waals surface area contributed by atoms with Gasteiger partial charge >= 0.3 is 5.97 Å². The van der Waals surface area contributed by atoms with Crippen molar-refractivity contribution in [2.24, 2.45) is 0 Å². The minimum atomic E-state index is -1.01. The molecule has 2 aromatic carbocycles. The van der Waals surface area contributed by atoms with Crippen molar-refractivity contribution < 1.29 is 28.5 Å². The maximum atomic E-state index is 12.6. The summed E-state index contributed by atoms with van der Waals surface area (Å²) >= 11 is 12.3. The number of ether oxygens (including phenoxy) is 4. The molecule has 9 heteroatoms. The number of hydrogen-bond donors (Lipinski definition) is 1. The third-order valence-corrected chi connectivity index (χ3v) is 5.71. The van der Waals surface area contributed by atoms with Crippen LogP contribution in [0.4, 0.5) is 0 Å². The number of rotatable bonds is 9. The topological polar surface area (TPSA) is 83.1 Å². The zero-order valence-corrected chi connectivity index (χ0v) is 21.1. The standard InChI is InChI=1S/C25H29Cl2NO6/c1-5-32-24(30)23-22(33-25(2,3)34-23)20(28-21(29)14-31-4)10-15-6-8-16(9-7-15)17-11-18(26)13-19(27)12-17/h6-9,11-13,20,22-23H,5,10,14H2,1-4H3,(H,28,29). The summed E-state index contributed by atoms with van der Waals surface area (Å²) in [6, 6.07) is 12.6. The molecule has 1 aliphatic heterocycles. The van der Waals surface area contributed by atoms with Crippen molar-refractivity contribution >= 4 is 35.1 Å². The van der Waals surface area contributed by atoms with Crippen molar-refractivity contribution in [1.29, 1.82) is 0 Å². The molecule has 1 aliphatic rings. The van der Waals surface area contributed by atoms with Crippen molar-refractivity contribution in [2.75, 3.05) is 20.3 Å². The van der Waals surface area contributed by atoms with Gasteiger partial charge in [-0.05, 0) is 62.1 Å². The summed E-state index contributed by atoms with van der Waals surface area (Å²) in [5.41, 5.74) is 2.76. The Kier molecular flexibility index (Phi) is 8.95. The molecular formula is C25H29Cl2NO6. The lowest BCUT2D eigenvalue weighted by molar-refractivity contribution is -0.170. The molecule has 3 rings (SSSR count).